The third-order valence-corrected chi connectivity index (χ3v) is 4.78. The normalized spacial score (nSPS) is 19.3. The van der Waals surface area contributed by atoms with E-state index in [0.29, 0.717) is 0 Å². The average molecular weight is 297 g/mol. The largest absolute Gasteiger partial charge is 0.316 e. The van der Waals surface area contributed by atoms with E-state index in [9.17, 15) is 0 Å². The van der Waals surface area contributed by atoms with Gasteiger partial charge in [0.1, 0.15) is 0 Å². The molecule has 0 amide bonds. The molecule has 2 nitrogen and oxygen atoms in total. The number of piperidine rings is 1. The summed E-state index contributed by atoms with van der Waals surface area (Å²) in [6, 6.07) is 0. The summed E-state index contributed by atoms with van der Waals surface area (Å²) < 4.78 is 0. The highest BCUT2D eigenvalue weighted by molar-refractivity contribution is 4.73. The van der Waals surface area contributed by atoms with Gasteiger partial charge in [-0.1, -0.05) is 58.8 Å². The fourth-order valence-electron chi connectivity index (χ4n) is 3.52. The van der Waals surface area contributed by atoms with Crippen molar-refractivity contribution in [3.63, 3.8) is 0 Å². The Balaban J connectivity index is 2.02. The zero-order valence-corrected chi connectivity index (χ0v) is 14.8. The number of nitrogens with zero attached hydrogens (tertiary/aromatic N) is 1. The van der Waals surface area contributed by atoms with Crippen LogP contribution in [0.2, 0.25) is 0 Å². The molecule has 0 aliphatic carbocycles. The SMILES string of the molecule is CCCCCCCCCCN(CCC)CC1CCCNC1. The minimum atomic E-state index is 0.902. The summed E-state index contributed by atoms with van der Waals surface area (Å²) in [4.78, 5) is 2.73. The maximum absolute atomic E-state index is 3.56. The molecule has 21 heavy (non-hydrogen) atoms. The average Bonchev–Trinajstić information content (AvgIpc) is 2.51. The Hall–Kier alpha value is -0.0800. The molecule has 1 N–H and O–H groups in total. The van der Waals surface area contributed by atoms with Gasteiger partial charge in [0.05, 0.1) is 0 Å². The molecule has 1 aliphatic rings. The zero-order chi connectivity index (χ0) is 15.2. The van der Waals surface area contributed by atoms with Gasteiger partial charge in [0.25, 0.3) is 0 Å². The van der Waals surface area contributed by atoms with Crippen LogP contribution in [-0.2, 0) is 0 Å². The van der Waals surface area contributed by atoms with E-state index in [1.54, 1.807) is 0 Å². The van der Waals surface area contributed by atoms with Gasteiger partial charge in [0.15, 0.2) is 0 Å². The molecule has 1 atom stereocenters. The van der Waals surface area contributed by atoms with Crippen molar-refractivity contribution in [2.24, 2.45) is 5.92 Å². The standard InChI is InChI=1S/C19H40N2/c1-3-5-6-7-8-9-10-11-16-21(15-4-2)18-19-13-12-14-20-17-19/h19-20H,3-18H2,1-2H3. The van der Waals surface area contributed by atoms with Crippen LogP contribution >= 0.6 is 0 Å². The van der Waals surface area contributed by atoms with E-state index >= 15 is 0 Å². The van der Waals surface area contributed by atoms with Crippen LogP contribution < -0.4 is 5.32 Å². The van der Waals surface area contributed by atoms with Gasteiger partial charge < -0.3 is 10.2 Å². The minimum absolute atomic E-state index is 0.902. The van der Waals surface area contributed by atoms with Crippen molar-refractivity contribution < 1.29 is 0 Å². The third-order valence-electron chi connectivity index (χ3n) is 4.78. The van der Waals surface area contributed by atoms with Gasteiger partial charge in [-0.05, 0) is 57.8 Å². The summed E-state index contributed by atoms with van der Waals surface area (Å²) in [6.45, 7) is 11.1. The van der Waals surface area contributed by atoms with Gasteiger partial charge in [-0.3, -0.25) is 0 Å². The maximum atomic E-state index is 3.56. The van der Waals surface area contributed by atoms with Crippen LogP contribution in [0, 0.1) is 5.92 Å². The lowest BCUT2D eigenvalue weighted by Crippen LogP contribution is -2.39. The second-order valence-electron chi connectivity index (χ2n) is 6.99. The van der Waals surface area contributed by atoms with Crippen LogP contribution in [0.5, 0.6) is 0 Å². The predicted octanol–water partition coefficient (Wildman–Crippen LogP) is 4.84. The van der Waals surface area contributed by atoms with Crippen molar-refractivity contribution in [2.45, 2.75) is 84.5 Å². The lowest BCUT2D eigenvalue weighted by atomic mass is 9.99. The van der Waals surface area contributed by atoms with Gasteiger partial charge in [-0.15, -0.1) is 0 Å². The van der Waals surface area contributed by atoms with Crippen LogP contribution in [0.4, 0.5) is 0 Å². The van der Waals surface area contributed by atoms with Crippen molar-refractivity contribution in [3.8, 4) is 0 Å². The van der Waals surface area contributed by atoms with E-state index in [1.807, 2.05) is 0 Å². The van der Waals surface area contributed by atoms with Crippen molar-refractivity contribution in [1.82, 2.24) is 10.2 Å². The summed E-state index contributed by atoms with van der Waals surface area (Å²) in [5.74, 6) is 0.902. The summed E-state index contributed by atoms with van der Waals surface area (Å²) >= 11 is 0. The molecule has 1 aliphatic heterocycles. The van der Waals surface area contributed by atoms with E-state index in [1.165, 1.54) is 103 Å². The summed E-state index contributed by atoms with van der Waals surface area (Å²) in [7, 11) is 0. The van der Waals surface area contributed by atoms with Crippen LogP contribution in [0.15, 0.2) is 0 Å². The Morgan fingerprint density at radius 1 is 0.857 bits per heavy atom. The highest BCUT2D eigenvalue weighted by Crippen LogP contribution is 2.14. The van der Waals surface area contributed by atoms with Gasteiger partial charge in [0.2, 0.25) is 0 Å². The molecule has 1 fully saturated rings. The van der Waals surface area contributed by atoms with Crippen molar-refractivity contribution in [1.29, 1.82) is 0 Å². The number of hydrogen-bond acceptors (Lipinski definition) is 2. The molecule has 0 aromatic heterocycles. The van der Waals surface area contributed by atoms with Crippen molar-refractivity contribution >= 4 is 0 Å². The fourth-order valence-corrected chi connectivity index (χ4v) is 3.52. The molecule has 2 heteroatoms. The number of hydrogen-bond donors (Lipinski definition) is 1. The van der Waals surface area contributed by atoms with E-state index in [2.05, 4.69) is 24.1 Å². The fraction of sp³-hybridized carbons (Fsp3) is 1.00. The summed E-state index contributed by atoms with van der Waals surface area (Å²) in [5, 5.41) is 3.56. The number of unbranched alkanes of at least 4 members (excludes halogenated alkanes) is 7. The topological polar surface area (TPSA) is 15.3 Å². The molecule has 0 radical (unpaired) electrons. The van der Waals surface area contributed by atoms with Crippen LogP contribution in [0.1, 0.15) is 84.5 Å². The van der Waals surface area contributed by atoms with Crippen molar-refractivity contribution in [2.75, 3.05) is 32.7 Å². The molecular formula is C19H40N2. The Morgan fingerprint density at radius 3 is 2.19 bits per heavy atom. The molecule has 1 rings (SSSR count). The highest BCUT2D eigenvalue weighted by Gasteiger charge is 2.16. The Bertz CT molecular complexity index is 212. The first-order valence-electron chi connectivity index (χ1n) is 9.79. The Morgan fingerprint density at radius 2 is 1.57 bits per heavy atom. The van der Waals surface area contributed by atoms with E-state index in [0.717, 1.165) is 5.92 Å². The molecule has 126 valence electrons. The monoisotopic (exact) mass is 296 g/mol. The van der Waals surface area contributed by atoms with E-state index in [4.69, 9.17) is 0 Å². The molecule has 0 bridgehead atoms. The predicted molar refractivity (Wildman–Crippen MR) is 94.9 cm³/mol. The van der Waals surface area contributed by atoms with E-state index in [-0.39, 0.29) is 0 Å². The first kappa shape index (κ1) is 19.0. The molecule has 1 saturated heterocycles. The Kier molecular flexibility index (Phi) is 12.3. The highest BCUT2D eigenvalue weighted by atomic mass is 15.1. The second-order valence-corrected chi connectivity index (χ2v) is 6.99. The molecule has 0 aromatic rings. The molecule has 0 aromatic carbocycles. The zero-order valence-electron chi connectivity index (χ0n) is 14.8. The third kappa shape index (κ3) is 10.3. The van der Waals surface area contributed by atoms with Gasteiger partial charge in [-0.25, -0.2) is 0 Å². The molecule has 0 saturated carbocycles. The van der Waals surface area contributed by atoms with Crippen molar-refractivity contribution in [3.05, 3.63) is 0 Å². The van der Waals surface area contributed by atoms with E-state index < -0.39 is 0 Å². The lowest BCUT2D eigenvalue weighted by Gasteiger charge is -2.30. The quantitative estimate of drug-likeness (QED) is 0.489. The number of rotatable bonds is 13. The molecule has 1 unspecified atom stereocenters. The van der Waals surface area contributed by atoms with Gasteiger partial charge in [-0.2, -0.15) is 0 Å². The van der Waals surface area contributed by atoms with Gasteiger partial charge in [0, 0.05) is 6.54 Å². The second kappa shape index (κ2) is 13.6. The first-order chi connectivity index (χ1) is 10.4. The Labute approximate surface area is 134 Å². The van der Waals surface area contributed by atoms with Crippen LogP contribution in [0.25, 0.3) is 0 Å². The summed E-state index contributed by atoms with van der Waals surface area (Å²) in [6.07, 6.45) is 15.6. The smallest absolute Gasteiger partial charge is 0.00218 e. The minimum Gasteiger partial charge on any atom is -0.316 e. The summed E-state index contributed by atoms with van der Waals surface area (Å²) in [5.41, 5.74) is 0. The molecule has 0 spiro atoms. The number of nitrogens with one attached hydrogen (secondary N) is 1. The van der Waals surface area contributed by atoms with Gasteiger partial charge >= 0.3 is 0 Å². The first-order valence-corrected chi connectivity index (χ1v) is 9.79. The maximum Gasteiger partial charge on any atom is 0.00218 e. The lowest BCUT2D eigenvalue weighted by molar-refractivity contribution is 0.204. The van der Waals surface area contributed by atoms with Crippen LogP contribution in [0.3, 0.4) is 0 Å². The molecular weight excluding hydrogens is 256 g/mol. The molecule has 1 heterocycles. The van der Waals surface area contributed by atoms with Crippen LogP contribution in [-0.4, -0.2) is 37.6 Å².